The fourth-order valence-corrected chi connectivity index (χ4v) is 1.21. The first kappa shape index (κ1) is 10.7. The summed E-state index contributed by atoms with van der Waals surface area (Å²) in [4.78, 5) is 23.8. The quantitative estimate of drug-likeness (QED) is 0.554. The molecule has 0 spiro atoms. The van der Waals surface area contributed by atoms with E-state index in [0.717, 1.165) is 6.54 Å². The Balaban J connectivity index is 2.32. The highest BCUT2D eigenvalue weighted by molar-refractivity contribution is 5.87. The normalized spacial score (nSPS) is 17.5. The highest BCUT2D eigenvalue weighted by Gasteiger charge is 2.15. The third-order valence-corrected chi connectivity index (χ3v) is 2.03. The molecule has 5 heteroatoms. The standard InChI is InChI=1S/C9H15N3O2/c1-10-8(13)3-2-5-12-6-4-11-7-9(12)14/h2-3,11H,4-7H2,1H3,(H,10,13)/b3-2+. The number of piperazine rings is 1. The Morgan fingerprint density at radius 2 is 2.50 bits per heavy atom. The summed E-state index contributed by atoms with van der Waals surface area (Å²) in [5.74, 6) is -0.0645. The van der Waals surface area contributed by atoms with Crippen molar-refractivity contribution in [3.63, 3.8) is 0 Å². The maximum absolute atomic E-state index is 11.3. The number of carbonyl (C=O) groups excluding carboxylic acids is 2. The fourth-order valence-electron chi connectivity index (χ4n) is 1.21. The predicted molar refractivity (Wildman–Crippen MR) is 52.7 cm³/mol. The van der Waals surface area contributed by atoms with Crippen LogP contribution in [0.4, 0.5) is 0 Å². The van der Waals surface area contributed by atoms with Crippen LogP contribution in [-0.4, -0.2) is 49.9 Å². The molecule has 2 N–H and O–H groups in total. The second kappa shape index (κ2) is 5.39. The number of hydrogen-bond donors (Lipinski definition) is 2. The van der Waals surface area contributed by atoms with Crippen LogP contribution in [0.3, 0.4) is 0 Å². The molecule has 2 amide bonds. The zero-order valence-corrected chi connectivity index (χ0v) is 8.25. The maximum atomic E-state index is 11.3. The molecule has 1 rings (SSSR count). The Morgan fingerprint density at radius 3 is 3.14 bits per heavy atom. The van der Waals surface area contributed by atoms with Gasteiger partial charge in [0.2, 0.25) is 11.8 Å². The van der Waals surface area contributed by atoms with Crippen LogP contribution in [0, 0.1) is 0 Å². The molecule has 1 saturated heterocycles. The first-order valence-corrected chi connectivity index (χ1v) is 4.61. The number of rotatable bonds is 3. The molecule has 14 heavy (non-hydrogen) atoms. The summed E-state index contributed by atoms with van der Waals surface area (Å²) in [7, 11) is 1.57. The molecule has 0 aromatic carbocycles. The van der Waals surface area contributed by atoms with Gasteiger partial charge >= 0.3 is 0 Å². The number of carbonyl (C=O) groups is 2. The molecule has 0 atom stereocenters. The molecule has 0 saturated carbocycles. The molecule has 5 nitrogen and oxygen atoms in total. The van der Waals surface area contributed by atoms with E-state index >= 15 is 0 Å². The van der Waals surface area contributed by atoms with E-state index in [1.807, 2.05) is 0 Å². The van der Waals surface area contributed by atoms with Crippen molar-refractivity contribution in [3.8, 4) is 0 Å². The lowest BCUT2D eigenvalue weighted by atomic mass is 10.3. The van der Waals surface area contributed by atoms with Crippen molar-refractivity contribution >= 4 is 11.8 Å². The van der Waals surface area contributed by atoms with Crippen LogP contribution in [0.5, 0.6) is 0 Å². The zero-order valence-electron chi connectivity index (χ0n) is 8.25. The van der Waals surface area contributed by atoms with Crippen LogP contribution in [0.15, 0.2) is 12.2 Å². The summed E-state index contributed by atoms with van der Waals surface area (Å²) < 4.78 is 0. The van der Waals surface area contributed by atoms with Gasteiger partial charge in [-0.3, -0.25) is 9.59 Å². The van der Waals surface area contributed by atoms with Crippen molar-refractivity contribution in [2.75, 3.05) is 33.2 Å². The number of likely N-dealkylation sites (N-methyl/N-ethyl adjacent to an activating group) is 1. The van der Waals surface area contributed by atoms with Crippen molar-refractivity contribution < 1.29 is 9.59 Å². The second-order valence-electron chi connectivity index (χ2n) is 3.03. The average Bonchev–Trinajstić information content (AvgIpc) is 2.20. The minimum Gasteiger partial charge on any atom is -0.356 e. The maximum Gasteiger partial charge on any atom is 0.243 e. The minimum absolute atomic E-state index is 0.0813. The molecule has 0 bridgehead atoms. The predicted octanol–water partition coefficient (Wildman–Crippen LogP) is -1.28. The van der Waals surface area contributed by atoms with E-state index in [2.05, 4.69) is 10.6 Å². The summed E-state index contributed by atoms with van der Waals surface area (Å²) in [6.07, 6.45) is 3.14. The van der Waals surface area contributed by atoms with Gasteiger partial charge in [0.25, 0.3) is 0 Å². The smallest absolute Gasteiger partial charge is 0.243 e. The zero-order chi connectivity index (χ0) is 10.4. The highest BCUT2D eigenvalue weighted by Crippen LogP contribution is 1.94. The van der Waals surface area contributed by atoms with Crippen molar-refractivity contribution in [1.82, 2.24) is 15.5 Å². The average molecular weight is 197 g/mol. The largest absolute Gasteiger partial charge is 0.356 e. The Hall–Kier alpha value is -1.36. The Labute approximate surface area is 83.1 Å². The van der Waals surface area contributed by atoms with Gasteiger partial charge in [-0.25, -0.2) is 0 Å². The van der Waals surface area contributed by atoms with Crippen LogP contribution >= 0.6 is 0 Å². The van der Waals surface area contributed by atoms with Crippen molar-refractivity contribution in [1.29, 1.82) is 0 Å². The van der Waals surface area contributed by atoms with Gasteiger partial charge in [-0.15, -0.1) is 0 Å². The van der Waals surface area contributed by atoms with Crippen LogP contribution < -0.4 is 10.6 Å². The molecule has 0 aliphatic carbocycles. The van der Waals surface area contributed by atoms with Crippen molar-refractivity contribution in [2.45, 2.75) is 0 Å². The van der Waals surface area contributed by atoms with Crippen molar-refractivity contribution in [3.05, 3.63) is 12.2 Å². The summed E-state index contributed by atoms with van der Waals surface area (Å²) in [5.41, 5.74) is 0. The molecule has 0 aromatic heterocycles. The van der Waals surface area contributed by atoms with Gasteiger partial charge in [0.05, 0.1) is 6.54 Å². The third kappa shape index (κ3) is 3.18. The molecule has 0 aromatic rings. The van der Waals surface area contributed by atoms with Gasteiger partial charge < -0.3 is 15.5 Å². The molecule has 0 radical (unpaired) electrons. The van der Waals surface area contributed by atoms with Gasteiger partial charge in [-0.1, -0.05) is 6.08 Å². The lowest BCUT2D eigenvalue weighted by Crippen LogP contribution is -2.47. The van der Waals surface area contributed by atoms with E-state index in [1.165, 1.54) is 6.08 Å². The first-order chi connectivity index (χ1) is 6.74. The third-order valence-electron chi connectivity index (χ3n) is 2.03. The van der Waals surface area contributed by atoms with Gasteiger partial charge in [0.15, 0.2) is 0 Å². The van der Waals surface area contributed by atoms with E-state index in [9.17, 15) is 9.59 Å². The van der Waals surface area contributed by atoms with E-state index in [1.54, 1.807) is 18.0 Å². The molecule has 1 aliphatic heterocycles. The molecule has 1 heterocycles. The molecule has 1 aliphatic rings. The second-order valence-corrected chi connectivity index (χ2v) is 3.03. The van der Waals surface area contributed by atoms with E-state index in [-0.39, 0.29) is 11.8 Å². The lowest BCUT2D eigenvalue weighted by Gasteiger charge is -2.25. The molecular formula is C9H15N3O2. The number of hydrogen-bond acceptors (Lipinski definition) is 3. The Kier molecular flexibility index (Phi) is 4.12. The molecule has 0 unspecified atom stereocenters. The highest BCUT2D eigenvalue weighted by atomic mass is 16.2. The minimum atomic E-state index is -0.146. The Morgan fingerprint density at radius 1 is 1.71 bits per heavy atom. The molecular weight excluding hydrogens is 182 g/mol. The van der Waals surface area contributed by atoms with Gasteiger partial charge in [0, 0.05) is 32.8 Å². The van der Waals surface area contributed by atoms with Crippen LogP contribution in [0.25, 0.3) is 0 Å². The van der Waals surface area contributed by atoms with E-state index in [0.29, 0.717) is 19.6 Å². The summed E-state index contributed by atoms with van der Waals surface area (Å²) in [5, 5.41) is 5.45. The molecule has 1 fully saturated rings. The number of nitrogens with zero attached hydrogens (tertiary/aromatic N) is 1. The van der Waals surface area contributed by atoms with Crippen LogP contribution in [-0.2, 0) is 9.59 Å². The van der Waals surface area contributed by atoms with E-state index in [4.69, 9.17) is 0 Å². The SMILES string of the molecule is CNC(=O)/C=C/CN1CCNCC1=O. The topological polar surface area (TPSA) is 61.4 Å². The Bertz CT molecular complexity index is 250. The van der Waals surface area contributed by atoms with E-state index < -0.39 is 0 Å². The molecule has 78 valence electrons. The van der Waals surface area contributed by atoms with Crippen LogP contribution in [0.2, 0.25) is 0 Å². The summed E-state index contributed by atoms with van der Waals surface area (Å²) in [6, 6.07) is 0. The summed E-state index contributed by atoms with van der Waals surface area (Å²) in [6.45, 7) is 2.43. The fraction of sp³-hybridized carbons (Fsp3) is 0.556. The monoisotopic (exact) mass is 197 g/mol. The van der Waals surface area contributed by atoms with Gasteiger partial charge in [-0.05, 0) is 0 Å². The lowest BCUT2D eigenvalue weighted by molar-refractivity contribution is -0.131. The van der Waals surface area contributed by atoms with Crippen LogP contribution in [0.1, 0.15) is 0 Å². The van der Waals surface area contributed by atoms with Gasteiger partial charge in [0.1, 0.15) is 0 Å². The van der Waals surface area contributed by atoms with Gasteiger partial charge in [-0.2, -0.15) is 0 Å². The summed E-state index contributed by atoms with van der Waals surface area (Å²) >= 11 is 0. The number of nitrogens with one attached hydrogen (secondary N) is 2. The number of amides is 2. The van der Waals surface area contributed by atoms with Crippen molar-refractivity contribution in [2.24, 2.45) is 0 Å². The first-order valence-electron chi connectivity index (χ1n) is 4.61.